The first-order valence-electron chi connectivity index (χ1n) is 5.44. The average molecular weight is 339 g/mol. The summed E-state index contributed by atoms with van der Waals surface area (Å²) in [6.45, 7) is 0. The van der Waals surface area contributed by atoms with Crippen molar-refractivity contribution < 1.29 is 19.1 Å². The van der Waals surface area contributed by atoms with Crippen molar-refractivity contribution in [2.75, 3.05) is 5.32 Å². The van der Waals surface area contributed by atoms with Crippen molar-refractivity contribution in [1.82, 2.24) is 4.98 Å². The number of carbonyl (C=O) groups is 2. The largest absolute Gasteiger partial charge is 0.478 e. The SMILES string of the molecule is O=C(Nc1cccc(F)c1C(=O)O)c1ccnc(Br)c1. The molecule has 0 aliphatic heterocycles. The second kappa shape index (κ2) is 5.79. The summed E-state index contributed by atoms with van der Waals surface area (Å²) in [7, 11) is 0. The summed E-state index contributed by atoms with van der Waals surface area (Å²) in [5, 5.41) is 11.3. The number of aromatic nitrogens is 1. The number of pyridine rings is 1. The van der Waals surface area contributed by atoms with Gasteiger partial charge in [-0.25, -0.2) is 14.2 Å². The summed E-state index contributed by atoms with van der Waals surface area (Å²) in [4.78, 5) is 26.9. The highest BCUT2D eigenvalue weighted by Crippen LogP contribution is 2.20. The first-order chi connectivity index (χ1) is 9.49. The van der Waals surface area contributed by atoms with Crippen LogP contribution in [0.15, 0.2) is 41.1 Å². The minimum atomic E-state index is -1.45. The summed E-state index contributed by atoms with van der Waals surface area (Å²) < 4.78 is 13.9. The zero-order chi connectivity index (χ0) is 14.7. The Labute approximate surface area is 121 Å². The molecule has 1 aromatic carbocycles. The molecule has 0 unspecified atom stereocenters. The van der Waals surface area contributed by atoms with Gasteiger partial charge in [0.25, 0.3) is 5.91 Å². The standard InChI is InChI=1S/C13H8BrFN2O3/c14-10-6-7(4-5-16-10)12(18)17-9-3-1-2-8(15)11(9)13(19)20/h1-6H,(H,17,18)(H,19,20). The van der Waals surface area contributed by atoms with Gasteiger partial charge in [0.2, 0.25) is 0 Å². The molecule has 0 saturated carbocycles. The van der Waals surface area contributed by atoms with Crippen molar-refractivity contribution >= 4 is 33.5 Å². The van der Waals surface area contributed by atoms with Crippen LogP contribution in [0, 0.1) is 5.82 Å². The van der Waals surface area contributed by atoms with Gasteiger partial charge in [-0.3, -0.25) is 4.79 Å². The molecule has 0 fully saturated rings. The summed E-state index contributed by atoms with van der Waals surface area (Å²) in [5.41, 5.74) is -0.406. The molecule has 20 heavy (non-hydrogen) atoms. The highest BCUT2D eigenvalue weighted by atomic mass is 79.9. The Morgan fingerprint density at radius 3 is 2.70 bits per heavy atom. The normalized spacial score (nSPS) is 10.1. The number of benzene rings is 1. The van der Waals surface area contributed by atoms with Crippen molar-refractivity contribution in [2.45, 2.75) is 0 Å². The van der Waals surface area contributed by atoms with E-state index in [4.69, 9.17) is 5.11 Å². The maximum absolute atomic E-state index is 13.5. The molecule has 5 nitrogen and oxygen atoms in total. The molecule has 2 rings (SSSR count). The molecular weight excluding hydrogens is 331 g/mol. The molecule has 2 N–H and O–H groups in total. The van der Waals surface area contributed by atoms with Crippen LogP contribution in [0.5, 0.6) is 0 Å². The van der Waals surface area contributed by atoms with E-state index in [1.807, 2.05) is 0 Å². The third kappa shape index (κ3) is 3.00. The van der Waals surface area contributed by atoms with Crippen molar-refractivity contribution in [3.63, 3.8) is 0 Å². The highest BCUT2D eigenvalue weighted by Gasteiger charge is 2.17. The lowest BCUT2D eigenvalue weighted by molar-refractivity contribution is 0.0693. The van der Waals surface area contributed by atoms with E-state index in [1.54, 1.807) is 0 Å². The third-order valence-corrected chi connectivity index (χ3v) is 2.90. The fourth-order valence-electron chi connectivity index (χ4n) is 1.58. The van der Waals surface area contributed by atoms with Gasteiger partial charge in [0.05, 0.1) is 5.69 Å². The number of rotatable bonds is 3. The van der Waals surface area contributed by atoms with E-state index in [9.17, 15) is 14.0 Å². The molecule has 7 heteroatoms. The Hall–Kier alpha value is -2.28. The molecule has 0 aliphatic carbocycles. The van der Waals surface area contributed by atoms with E-state index >= 15 is 0 Å². The lowest BCUT2D eigenvalue weighted by Gasteiger charge is -2.09. The van der Waals surface area contributed by atoms with E-state index in [-0.39, 0.29) is 11.3 Å². The van der Waals surface area contributed by atoms with E-state index < -0.39 is 23.3 Å². The minimum Gasteiger partial charge on any atom is -0.478 e. The van der Waals surface area contributed by atoms with Crippen LogP contribution in [0.2, 0.25) is 0 Å². The van der Waals surface area contributed by atoms with Crippen LogP contribution in [-0.2, 0) is 0 Å². The zero-order valence-electron chi connectivity index (χ0n) is 9.93. The number of halogens is 2. The second-order valence-electron chi connectivity index (χ2n) is 3.79. The molecule has 0 radical (unpaired) electrons. The van der Waals surface area contributed by atoms with Crippen LogP contribution >= 0.6 is 15.9 Å². The van der Waals surface area contributed by atoms with Gasteiger partial charge in [0.1, 0.15) is 16.0 Å². The molecule has 0 atom stereocenters. The van der Waals surface area contributed by atoms with Crippen molar-refractivity contribution in [3.8, 4) is 0 Å². The lowest BCUT2D eigenvalue weighted by Crippen LogP contribution is -2.15. The highest BCUT2D eigenvalue weighted by molar-refractivity contribution is 9.10. The Balaban J connectivity index is 2.33. The molecule has 1 aromatic heterocycles. The molecule has 0 bridgehead atoms. The van der Waals surface area contributed by atoms with Crippen LogP contribution < -0.4 is 5.32 Å². The van der Waals surface area contributed by atoms with Crippen LogP contribution in [0.4, 0.5) is 10.1 Å². The Kier molecular flexibility index (Phi) is 4.09. The predicted molar refractivity (Wildman–Crippen MR) is 73.2 cm³/mol. The number of amides is 1. The molecule has 1 amide bonds. The van der Waals surface area contributed by atoms with Gasteiger partial charge in [0.15, 0.2) is 0 Å². The number of carboxylic acid groups (broad SMARTS) is 1. The zero-order valence-corrected chi connectivity index (χ0v) is 11.5. The van der Waals surface area contributed by atoms with Gasteiger partial charge in [-0.2, -0.15) is 0 Å². The van der Waals surface area contributed by atoms with Gasteiger partial charge in [-0.05, 0) is 40.2 Å². The number of anilines is 1. The smallest absolute Gasteiger partial charge is 0.340 e. The number of carboxylic acids is 1. The first-order valence-corrected chi connectivity index (χ1v) is 6.23. The number of carbonyl (C=O) groups excluding carboxylic acids is 1. The number of hydrogen-bond donors (Lipinski definition) is 2. The molecule has 0 spiro atoms. The minimum absolute atomic E-state index is 0.101. The number of nitrogens with one attached hydrogen (secondary N) is 1. The summed E-state index contributed by atoms with van der Waals surface area (Å²) in [6.07, 6.45) is 1.42. The Morgan fingerprint density at radius 1 is 1.30 bits per heavy atom. The van der Waals surface area contributed by atoms with Crippen LogP contribution in [0.1, 0.15) is 20.7 Å². The predicted octanol–water partition coefficient (Wildman–Crippen LogP) is 2.93. The van der Waals surface area contributed by atoms with Gasteiger partial charge in [-0.1, -0.05) is 6.07 Å². The number of nitrogens with zero attached hydrogens (tertiary/aromatic N) is 1. The first kappa shape index (κ1) is 14.1. The van der Waals surface area contributed by atoms with Gasteiger partial charge >= 0.3 is 5.97 Å². The lowest BCUT2D eigenvalue weighted by atomic mass is 10.1. The van der Waals surface area contributed by atoms with Crippen LogP contribution in [0.25, 0.3) is 0 Å². The average Bonchev–Trinajstić information content (AvgIpc) is 2.38. The van der Waals surface area contributed by atoms with Crippen LogP contribution in [-0.4, -0.2) is 22.0 Å². The van der Waals surface area contributed by atoms with E-state index in [0.29, 0.717) is 4.60 Å². The molecule has 2 aromatic rings. The molecule has 102 valence electrons. The molecule has 1 heterocycles. The maximum atomic E-state index is 13.5. The quantitative estimate of drug-likeness (QED) is 0.843. The molecule has 0 aliphatic rings. The summed E-state index contributed by atoms with van der Waals surface area (Å²) in [5.74, 6) is -2.92. The maximum Gasteiger partial charge on any atom is 0.340 e. The van der Waals surface area contributed by atoms with Gasteiger partial charge in [-0.15, -0.1) is 0 Å². The topological polar surface area (TPSA) is 79.3 Å². The number of aromatic carboxylic acids is 1. The Morgan fingerprint density at radius 2 is 2.05 bits per heavy atom. The van der Waals surface area contributed by atoms with Crippen LogP contribution in [0.3, 0.4) is 0 Å². The van der Waals surface area contributed by atoms with Gasteiger partial charge in [0, 0.05) is 11.8 Å². The van der Waals surface area contributed by atoms with E-state index in [1.165, 1.54) is 30.5 Å². The number of hydrogen-bond acceptors (Lipinski definition) is 3. The van der Waals surface area contributed by atoms with Crippen molar-refractivity contribution in [3.05, 3.63) is 58.1 Å². The summed E-state index contributed by atoms with van der Waals surface area (Å²) in [6, 6.07) is 6.58. The van der Waals surface area contributed by atoms with Crippen molar-refractivity contribution in [2.24, 2.45) is 0 Å². The van der Waals surface area contributed by atoms with E-state index in [2.05, 4.69) is 26.2 Å². The van der Waals surface area contributed by atoms with Gasteiger partial charge < -0.3 is 10.4 Å². The molecular formula is C13H8BrFN2O3. The second-order valence-corrected chi connectivity index (χ2v) is 4.60. The summed E-state index contributed by atoms with van der Waals surface area (Å²) >= 11 is 3.12. The third-order valence-electron chi connectivity index (χ3n) is 2.46. The fourth-order valence-corrected chi connectivity index (χ4v) is 1.95. The molecule has 0 saturated heterocycles. The van der Waals surface area contributed by atoms with E-state index in [0.717, 1.165) is 6.07 Å². The fraction of sp³-hybridized carbons (Fsp3) is 0. The Bertz CT molecular complexity index is 691. The monoisotopic (exact) mass is 338 g/mol. The van der Waals surface area contributed by atoms with Crippen molar-refractivity contribution in [1.29, 1.82) is 0 Å².